The number of piperidine rings is 1. The summed E-state index contributed by atoms with van der Waals surface area (Å²) in [5, 5.41) is 13.4. The number of hydrogen-bond donors (Lipinski definition) is 1. The normalized spacial score (nSPS) is 19.8. The van der Waals surface area contributed by atoms with E-state index in [4.69, 9.17) is 4.84 Å². The summed E-state index contributed by atoms with van der Waals surface area (Å²) in [4.78, 5) is 32.6. The van der Waals surface area contributed by atoms with Crippen molar-refractivity contribution >= 4 is 17.4 Å². The van der Waals surface area contributed by atoms with Gasteiger partial charge in [0.2, 0.25) is 0 Å². The maximum absolute atomic E-state index is 12.8. The van der Waals surface area contributed by atoms with Crippen LogP contribution in [0.25, 0.3) is 0 Å². The average molecular weight is 378 g/mol. The Kier molecular flexibility index (Phi) is 5.10. The summed E-state index contributed by atoms with van der Waals surface area (Å²) in [5.41, 5.74) is 2.05. The number of Topliss-reactive ketones (excluding diaryl/α,β-unsaturated/α-hetero) is 1. The van der Waals surface area contributed by atoms with Crippen molar-refractivity contribution in [3.63, 3.8) is 0 Å². The van der Waals surface area contributed by atoms with E-state index in [1.807, 2.05) is 30.3 Å². The van der Waals surface area contributed by atoms with Crippen LogP contribution in [0.15, 0.2) is 59.8 Å². The van der Waals surface area contributed by atoms with Crippen molar-refractivity contribution in [3.05, 3.63) is 65.7 Å². The summed E-state index contributed by atoms with van der Waals surface area (Å²) < 4.78 is 0. The van der Waals surface area contributed by atoms with Gasteiger partial charge in [0, 0.05) is 31.0 Å². The van der Waals surface area contributed by atoms with Gasteiger partial charge in [-0.05, 0) is 42.7 Å². The van der Waals surface area contributed by atoms with Gasteiger partial charge in [-0.25, -0.2) is 0 Å². The molecule has 0 unspecified atom stereocenters. The fraction of sp³-hybridized carbons (Fsp3) is 0.318. The Morgan fingerprint density at radius 2 is 1.68 bits per heavy atom. The van der Waals surface area contributed by atoms with Gasteiger partial charge in [-0.15, -0.1) is 0 Å². The van der Waals surface area contributed by atoms with Crippen molar-refractivity contribution in [2.45, 2.75) is 25.4 Å². The molecule has 2 aromatic rings. The van der Waals surface area contributed by atoms with E-state index in [1.165, 1.54) is 12.1 Å². The monoisotopic (exact) mass is 378 g/mol. The SMILES string of the molecule is O=C(c1ccc(O)cc1)C1CCN(C(=O)C2=NO[C@H](c3ccccc3)C2)CC1. The van der Waals surface area contributed by atoms with E-state index >= 15 is 0 Å². The Labute approximate surface area is 163 Å². The summed E-state index contributed by atoms with van der Waals surface area (Å²) in [6.45, 7) is 1.06. The molecule has 2 aliphatic heterocycles. The molecule has 6 nitrogen and oxygen atoms in total. The van der Waals surface area contributed by atoms with Gasteiger partial charge in [0.1, 0.15) is 11.5 Å². The molecule has 2 heterocycles. The number of nitrogens with zero attached hydrogens (tertiary/aromatic N) is 2. The zero-order chi connectivity index (χ0) is 19.5. The number of likely N-dealkylation sites (tertiary alicyclic amines) is 1. The third-order valence-corrected chi connectivity index (χ3v) is 5.39. The van der Waals surface area contributed by atoms with Gasteiger partial charge in [0.25, 0.3) is 5.91 Å². The van der Waals surface area contributed by atoms with E-state index in [0.717, 1.165) is 5.56 Å². The minimum absolute atomic E-state index is 0.0674. The lowest BCUT2D eigenvalue weighted by atomic mass is 9.88. The Morgan fingerprint density at radius 3 is 2.36 bits per heavy atom. The number of carbonyl (C=O) groups excluding carboxylic acids is 2. The van der Waals surface area contributed by atoms with Crippen LogP contribution in [0, 0.1) is 5.92 Å². The summed E-state index contributed by atoms with van der Waals surface area (Å²) in [7, 11) is 0. The molecule has 1 fully saturated rings. The number of phenols is 1. The molecule has 2 aromatic carbocycles. The molecule has 1 N–H and O–H groups in total. The maximum atomic E-state index is 12.8. The van der Waals surface area contributed by atoms with Gasteiger partial charge in [0.05, 0.1) is 0 Å². The lowest BCUT2D eigenvalue weighted by Crippen LogP contribution is -2.43. The molecule has 1 atom stereocenters. The fourth-order valence-corrected chi connectivity index (χ4v) is 3.74. The molecule has 6 heteroatoms. The number of oxime groups is 1. The first-order valence-corrected chi connectivity index (χ1v) is 9.52. The fourth-order valence-electron chi connectivity index (χ4n) is 3.74. The average Bonchev–Trinajstić information content (AvgIpc) is 3.24. The molecule has 4 rings (SSSR count). The standard InChI is InChI=1S/C22H22N2O4/c25-18-8-6-16(7-9-18)21(26)17-10-12-24(13-11-17)22(27)19-14-20(28-23-19)15-4-2-1-3-5-15/h1-9,17,20,25H,10-14H2/t20-/m0/s1. The third-order valence-electron chi connectivity index (χ3n) is 5.39. The second-order valence-electron chi connectivity index (χ2n) is 7.22. The molecule has 1 amide bonds. The van der Waals surface area contributed by atoms with Gasteiger partial charge in [-0.2, -0.15) is 0 Å². The Balaban J connectivity index is 1.32. The highest BCUT2D eigenvalue weighted by molar-refractivity contribution is 6.39. The van der Waals surface area contributed by atoms with Crippen LogP contribution in [0.4, 0.5) is 0 Å². The minimum atomic E-state index is -0.214. The van der Waals surface area contributed by atoms with Gasteiger partial charge in [-0.3, -0.25) is 9.59 Å². The molecule has 28 heavy (non-hydrogen) atoms. The zero-order valence-corrected chi connectivity index (χ0v) is 15.5. The molecular weight excluding hydrogens is 356 g/mol. The molecule has 144 valence electrons. The van der Waals surface area contributed by atoms with Crippen LogP contribution in [0.5, 0.6) is 5.75 Å². The highest BCUT2D eigenvalue weighted by Crippen LogP contribution is 2.29. The Hall–Kier alpha value is -3.15. The lowest BCUT2D eigenvalue weighted by molar-refractivity contribution is -0.125. The van der Waals surface area contributed by atoms with E-state index in [1.54, 1.807) is 17.0 Å². The smallest absolute Gasteiger partial charge is 0.271 e. The molecule has 1 saturated heterocycles. The quantitative estimate of drug-likeness (QED) is 0.828. The van der Waals surface area contributed by atoms with Crippen molar-refractivity contribution in [2.24, 2.45) is 11.1 Å². The Morgan fingerprint density at radius 1 is 1.00 bits per heavy atom. The van der Waals surface area contributed by atoms with Crippen LogP contribution in [0.2, 0.25) is 0 Å². The van der Waals surface area contributed by atoms with Crippen molar-refractivity contribution in [1.82, 2.24) is 4.90 Å². The number of rotatable bonds is 4. The number of ketones is 1. The second-order valence-corrected chi connectivity index (χ2v) is 7.22. The minimum Gasteiger partial charge on any atom is -0.508 e. The third kappa shape index (κ3) is 3.76. The highest BCUT2D eigenvalue weighted by Gasteiger charge is 2.33. The van der Waals surface area contributed by atoms with Crippen molar-refractivity contribution in [1.29, 1.82) is 0 Å². The molecule has 0 spiro atoms. The molecule has 0 saturated carbocycles. The van der Waals surface area contributed by atoms with E-state index < -0.39 is 0 Å². The van der Waals surface area contributed by atoms with Crippen molar-refractivity contribution in [3.8, 4) is 5.75 Å². The van der Waals surface area contributed by atoms with E-state index in [9.17, 15) is 14.7 Å². The first-order valence-electron chi connectivity index (χ1n) is 9.52. The molecule has 2 aliphatic rings. The number of aromatic hydroxyl groups is 1. The van der Waals surface area contributed by atoms with Crippen LogP contribution in [0.1, 0.15) is 41.3 Å². The summed E-state index contributed by atoms with van der Waals surface area (Å²) in [6, 6.07) is 16.1. The molecule has 0 aromatic heterocycles. The summed E-state index contributed by atoms with van der Waals surface area (Å²) >= 11 is 0. The molecule has 0 bridgehead atoms. The largest absolute Gasteiger partial charge is 0.508 e. The topological polar surface area (TPSA) is 79.2 Å². The van der Waals surface area contributed by atoms with Crippen LogP contribution < -0.4 is 0 Å². The number of carbonyl (C=O) groups is 2. The zero-order valence-electron chi connectivity index (χ0n) is 15.5. The highest BCUT2D eigenvalue weighted by atomic mass is 16.6. The molecular formula is C22H22N2O4. The van der Waals surface area contributed by atoms with Gasteiger partial charge >= 0.3 is 0 Å². The summed E-state index contributed by atoms with van der Waals surface area (Å²) in [5.74, 6) is 0.00417. The van der Waals surface area contributed by atoms with Crippen molar-refractivity contribution < 1.29 is 19.5 Å². The van der Waals surface area contributed by atoms with Gasteiger partial charge in [0.15, 0.2) is 11.9 Å². The lowest BCUT2D eigenvalue weighted by Gasteiger charge is -2.31. The van der Waals surface area contributed by atoms with Crippen molar-refractivity contribution in [2.75, 3.05) is 13.1 Å². The first kappa shape index (κ1) is 18.2. The van der Waals surface area contributed by atoms with Crippen LogP contribution in [-0.4, -0.2) is 40.5 Å². The van der Waals surface area contributed by atoms with Crippen LogP contribution in [-0.2, 0) is 9.63 Å². The second kappa shape index (κ2) is 7.84. The molecule has 0 aliphatic carbocycles. The number of benzene rings is 2. The molecule has 0 radical (unpaired) electrons. The van der Waals surface area contributed by atoms with E-state index in [2.05, 4.69) is 5.16 Å². The number of hydrogen-bond acceptors (Lipinski definition) is 5. The van der Waals surface area contributed by atoms with Crippen LogP contribution in [0.3, 0.4) is 0 Å². The summed E-state index contributed by atoms with van der Waals surface area (Å²) in [6.07, 6.45) is 1.51. The Bertz CT molecular complexity index is 885. The van der Waals surface area contributed by atoms with E-state index in [0.29, 0.717) is 43.6 Å². The predicted octanol–water partition coefficient (Wildman–Crippen LogP) is 3.33. The van der Waals surface area contributed by atoms with Gasteiger partial charge < -0.3 is 14.8 Å². The number of phenolic OH excluding ortho intramolecular Hbond substituents is 1. The maximum Gasteiger partial charge on any atom is 0.271 e. The van der Waals surface area contributed by atoms with Crippen LogP contribution >= 0.6 is 0 Å². The first-order chi connectivity index (χ1) is 13.6. The predicted molar refractivity (Wildman–Crippen MR) is 104 cm³/mol. The van der Waals surface area contributed by atoms with Gasteiger partial charge in [-0.1, -0.05) is 35.5 Å². The number of amides is 1. The van der Waals surface area contributed by atoms with E-state index in [-0.39, 0.29) is 29.5 Å².